The molecule has 1 N–H and O–H groups in total. The molecule has 0 saturated carbocycles. The number of hydrogen-bond donors (Lipinski definition) is 1. The number of aromatic nitrogens is 2. The molecular weight excluding hydrogens is 432 g/mol. The van der Waals surface area contributed by atoms with Gasteiger partial charge in [-0.15, -0.1) is 0 Å². The summed E-state index contributed by atoms with van der Waals surface area (Å²) in [7, 11) is -4.05. The van der Waals surface area contributed by atoms with E-state index in [-0.39, 0.29) is 16.1 Å². The van der Waals surface area contributed by atoms with Crippen LogP contribution in [0, 0.1) is 24.0 Å². The van der Waals surface area contributed by atoms with Gasteiger partial charge >= 0.3 is 0 Å². The number of benzene rings is 3. The van der Waals surface area contributed by atoms with Crippen molar-refractivity contribution in [3.05, 3.63) is 98.6 Å². The molecule has 9 nitrogen and oxygen atoms in total. The number of sulfonamides is 1. The van der Waals surface area contributed by atoms with Crippen LogP contribution in [-0.4, -0.2) is 22.9 Å². The van der Waals surface area contributed by atoms with Crippen molar-refractivity contribution in [2.75, 3.05) is 4.72 Å². The van der Waals surface area contributed by atoms with Gasteiger partial charge in [-0.3, -0.25) is 24.2 Å². The number of nitro groups is 1. The highest BCUT2D eigenvalue weighted by Gasteiger charge is 2.19. The van der Waals surface area contributed by atoms with Gasteiger partial charge < -0.3 is 0 Å². The average Bonchev–Trinajstić information content (AvgIpc) is 2.75. The third-order valence-corrected chi connectivity index (χ3v) is 6.36. The summed E-state index contributed by atoms with van der Waals surface area (Å²) in [5, 5.41) is 11.4. The molecule has 0 aliphatic rings. The summed E-state index contributed by atoms with van der Waals surface area (Å²) in [6.45, 7) is 3.42. The third-order valence-electron chi connectivity index (χ3n) is 4.99. The largest absolute Gasteiger partial charge is 0.279 e. The van der Waals surface area contributed by atoms with Crippen molar-refractivity contribution < 1.29 is 13.3 Å². The van der Waals surface area contributed by atoms with E-state index in [1.165, 1.54) is 22.8 Å². The Morgan fingerprint density at radius 1 is 1.00 bits per heavy atom. The number of para-hydroxylation sites is 1. The van der Waals surface area contributed by atoms with Gasteiger partial charge in [0.15, 0.2) is 0 Å². The monoisotopic (exact) mass is 450 g/mol. The number of nitrogens with one attached hydrogen (secondary N) is 1. The van der Waals surface area contributed by atoms with Crippen molar-refractivity contribution in [2.24, 2.45) is 0 Å². The smallest absolute Gasteiger partial charge is 0.270 e. The van der Waals surface area contributed by atoms with Gasteiger partial charge in [0.25, 0.3) is 21.3 Å². The Hall–Kier alpha value is -4.05. The molecule has 0 radical (unpaired) electrons. The van der Waals surface area contributed by atoms with Crippen molar-refractivity contribution in [1.82, 2.24) is 9.55 Å². The van der Waals surface area contributed by atoms with Gasteiger partial charge in [-0.2, -0.15) is 0 Å². The van der Waals surface area contributed by atoms with E-state index in [0.717, 1.165) is 6.07 Å². The normalized spacial score (nSPS) is 11.4. The fourth-order valence-corrected chi connectivity index (χ4v) is 4.59. The Balaban J connectivity index is 1.72. The lowest BCUT2D eigenvalue weighted by molar-refractivity contribution is -0.385. The van der Waals surface area contributed by atoms with Crippen molar-refractivity contribution in [2.45, 2.75) is 18.7 Å². The minimum absolute atomic E-state index is 0.221. The Morgan fingerprint density at radius 3 is 2.47 bits per heavy atom. The minimum Gasteiger partial charge on any atom is -0.279 e. The predicted octanol–water partition coefficient (Wildman–Crippen LogP) is 3.71. The highest BCUT2D eigenvalue weighted by Crippen LogP contribution is 2.24. The molecule has 4 aromatic rings. The number of nitrogens with zero attached hydrogens (tertiary/aromatic N) is 3. The summed E-state index contributed by atoms with van der Waals surface area (Å²) >= 11 is 0. The van der Waals surface area contributed by atoms with Crippen LogP contribution >= 0.6 is 0 Å². The van der Waals surface area contributed by atoms with Crippen LogP contribution in [0.15, 0.2) is 76.4 Å². The maximum atomic E-state index is 13.0. The molecule has 0 bridgehead atoms. The Labute approximate surface area is 183 Å². The molecule has 1 heterocycles. The third kappa shape index (κ3) is 3.83. The van der Waals surface area contributed by atoms with E-state index in [1.807, 2.05) is 6.07 Å². The van der Waals surface area contributed by atoms with Crippen molar-refractivity contribution in [1.29, 1.82) is 0 Å². The van der Waals surface area contributed by atoms with Gasteiger partial charge in [0, 0.05) is 12.1 Å². The van der Waals surface area contributed by atoms with Crippen LogP contribution in [-0.2, 0) is 10.0 Å². The first-order valence-electron chi connectivity index (χ1n) is 9.54. The van der Waals surface area contributed by atoms with E-state index in [1.54, 1.807) is 50.2 Å². The first-order chi connectivity index (χ1) is 15.2. The van der Waals surface area contributed by atoms with E-state index in [0.29, 0.717) is 33.7 Å². The molecule has 10 heteroatoms. The van der Waals surface area contributed by atoms with Crippen molar-refractivity contribution >= 4 is 32.3 Å². The molecule has 3 aromatic carbocycles. The van der Waals surface area contributed by atoms with Gasteiger partial charge in [0.1, 0.15) is 5.82 Å². The fraction of sp³-hybridized carbons (Fsp3) is 0.0909. The molecule has 32 heavy (non-hydrogen) atoms. The lowest BCUT2D eigenvalue weighted by atomic mass is 10.1. The van der Waals surface area contributed by atoms with E-state index in [9.17, 15) is 23.3 Å². The second-order valence-corrected chi connectivity index (χ2v) is 8.86. The second-order valence-electron chi connectivity index (χ2n) is 7.18. The van der Waals surface area contributed by atoms with Gasteiger partial charge in [-0.25, -0.2) is 13.4 Å². The molecule has 0 aliphatic heterocycles. The lowest BCUT2D eigenvalue weighted by Gasteiger charge is -2.15. The zero-order valence-corrected chi connectivity index (χ0v) is 18.0. The molecule has 0 saturated heterocycles. The van der Waals surface area contributed by atoms with Crippen LogP contribution in [0.1, 0.15) is 11.4 Å². The quantitative estimate of drug-likeness (QED) is 0.365. The van der Waals surface area contributed by atoms with Crippen LogP contribution < -0.4 is 10.3 Å². The summed E-state index contributed by atoms with van der Waals surface area (Å²) in [5.41, 5.74) is 1.46. The van der Waals surface area contributed by atoms with Gasteiger partial charge in [0.05, 0.1) is 32.1 Å². The van der Waals surface area contributed by atoms with Crippen LogP contribution in [0.5, 0.6) is 0 Å². The summed E-state index contributed by atoms with van der Waals surface area (Å²) in [6, 6.07) is 16.7. The number of rotatable bonds is 5. The summed E-state index contributed by atoms with van der Waals surface area (Å²) in [5.74, 6) is 0.498. The maximum absolute atomic E-state index is 13.0. The Bertz CT molecular complexity index is 1540. The number of aryl methyl sites for hydroxylation is 2. The molecule has 0 atom stereocenters. The standard InChI is InChI=1S/C22H18N4O5S/c1-14-12-16(25-15(2)23-21-9-4-3-8-19(21)22(25)27)10-11-20(14)24-32(30,31)18-7-5-6-17(13-18)26(28)29/h3-13,24H,1-2H3. The van der Waals surface area contributed by atoms with Crippen LogP contribution in [0.3, 0.4) is 0 Å². The summed E-state index contributed by atoms with van der Waals surface area (Å²) in [6.07, 6.45) is 0. The zero-order chi connectivity index (χ0) is 23.0. The first kappa shape index (κ1) is 21.2. The van der Waals surface area contributed by atoms with E-state index >= 15 is 0 Å². The molecular formula is C22H18N4O5S. The number of anilines is 1. The van der Waals surface area contributed by atoms with Gasteiger partial charge in [-0.1, -0.05) is 18.2 Å². The zero-order valence-electron chi connectivity index (χ0n) is 17.1. The molecule has 1 aromatic heterocycles. The molecule has 0 fully saturated rings. The summed E-state index contributed by atoms with van der Waals surface area (Å²) in [4.78, 5) is 27.6. The molecule has 0 unspecified atom stereocenters. The van der Waals surface area contributed by atoms with Gasteiger partial charge in [-0.05, 0) is 55.8 Å². The lowest BCUT2D eigenvalue weighted by Crippen LogP contribution is -2.22. The number of non-ortho nitro benzene ring substituents is 1. The molecule has 0 amide bonds. The molecule has 0 aliphatic carbocycles. The van der Waals surface area contributed by atoms with Crippen LogP contribution in [0.4, 0.5) is 11.4 Å². The number of nitro benzene ring substituents is 1. The highest BCUT2D eigenvalue weighted by atomic mass is 32.2. The fourth-order valence-electron chi connectivity index (χ4n) is 3.42. The van der Waals surface area contributed by atoms with Crippen LogP contribution in [0.2, 0.25) is 0 Å². The highest BCUT2D eigenvalue weighted by molar-refractivity contribution is 7.92. The first-order valence-corrected chi connectivity index (χ1v) is 11.0. The van der Waals surface area contributed by atoms with Crippen LogP contribution in [0.25, 0.3) is 16.6 Å². The number of hydrogen-bond acceptors (Lipinski definition) is 6. The van der Waals surface area contributed by atoms with Crippen molar-refractivity contribution in [3.8, 4) is 5.69 Å². The minimum atomic E-state index is -4.05. The van der Waals surface area contributed by atoms with E-state index in [4.69, 9.17) is 0 Å². The number of fused-ring (bicyclic) bond motifs is 1. The maximum Gasteiger partial charge on any atom is 0.270 e. The topological polar surface area (TPSA) is 124 Å². The molecule has 162 valence electrons. The van der Waals surface area contributed by atoms with E-state index < -0.39 is 14.9 Å². The SMILES string of the molecule is Cc1cc(-n2c(C)nc3ccccc3c2=O)ccc1NS(=O)(=O)c1cccc([N+](=O)[O-])c1. The van der Waals surface area contributed by atoms with Gasteiger partial charge in [0.2, 0.25) is 0 Å². The molecule has 0 spiro atoms. The second kappa shape index (κ2) is 7.89. The molecule has 4 rings (SSSR count). The average molecular weight is 450 g/mol. The van der Waals surface area contributed by atoms with Crippen molar-refractivity contribution in [3.63, 3.8) is 0 Å². The Kier molecular flexibility index (Phi) is 5.23. The Morgan fingerprint density at radius 2 is 1.75 bits per heavy atom. The summed E-state index contributed by atoms with van der Waals surface area (Å²) < 4.78 is 29.4. The predicted molar refractivity (Wildman–Crippen MR) is 121 cm³/mol. The van der Waals surface area contributed by atoms with E-state index in [2.05, 4.69) is 9.71 Å².